The van der Waals surface area contributed by atoms with Crippen LogP contribution in [0.1, 0.15) is 0 Å². The maximum atomic E-state index is 6.25. The fourth-order valence-electron chi connectivity index (χ4n) is 2.07. The SMILES string of the molecule is Clc1nc(Cl)c2ccccc2c1-c1ccccc1. The van der Waals surface area contributed by atoms with Crippen LogP contribution in [0.3, 0.4) is 0 Å². The van der Waals surface area contributed by atoms with E-state index in [2.05, 4.69) is 4.98 Å². The van der Waals surface area contributed by atoms with Crippen LogP contribution in [0.15, 0.2) is 54.6 Å². The van der Waals surface area contributed by atoms with E-state index in [0.717, 1.165) is 21.9 Å². The molecule has 0 N–H and O–H groups in total. The van der Waals surface area contributed by atoms with Gasteiger partial charge in [-0.3, -0.25) is 0 Å². The second-order valence-electron chi connectivity index (χ2n) is 3.98. The monoisotopic (exact) mass is 273 g/mol. The summed E-state index contributed by atoms with van der Waals surface area (Å²) in [5.41, 5.74) is 1.97. The number of pyridine rings is 1. The standard InChI is InChI=1S/C15H9Cl2N/c16-14-12-9-5-4-8-11(12)13(15(17)18-14)10-6-2-1-3-7-10/h1-9H. The Morgan fingerprint density at radius 3 is 2.00 bits per heavy atom. The van der Waals surface area contributed by atoms with Gasteiger partial charge in [-0.05, 0) is 10.9 Å². The van der Waals surface area contributed by atoms with Gasteiger partial charge >= 0.3 is 0 Å². The van der Waals surface area contributed by atoms with Crippen molar-refractivity contribution < 1.29 is 0 Å². The van der Waals surface area contributed by atoms with Gasteiger partial charge in [-0.25, -0.2) is 4.98 Å². The molecule has 3 rings (SSSR count). The number of fused-ring (bicyclic) bond motifs is 1. The van der Waals surface area contributed by atoms with E-state index >= 15 is 0 Å². The summed E-state index contributed by atoms with van der Waals surface area (Å²) in [6.07, 6.45) is 0. The number of rotatable bonds is 1. The third kappa shape index (κ3) is 1.86. The molecule has 0 aliphatic heterocycles. The predicted octanol–water partition coefficient (Wildman–Crippen LogP) is 5.21. The van der Waals surface area contributed by atoms with Crippen molar-refractivity contribution in [3.63, 3.8) is 0 Å². The van der Waals surface area contributed by atoms with Gasteiger partial charge in [0.05, 0.1) is 0 Å². The summed E-state index contributed by atoms with van der Waals surface area (Å²) in [4.78, 5) is 4.21. The molecule has 1 aromatic heterocycles. The Bertz CT molecular complexity index is 708. The Labute approximate surface area is 115 Å². The summed E-state index contributed by atoms with van der Waals surface area (Å²) in [5, 5.41) is 2.82. The maximum Gasteiger partial charge on any atom is 0.139 e. The van der Waals surface area contributed by atoms with Crippen LogP contribution in [0.2, 0.25) is 10.3 Å². The fraction of sp³-hybridized carbons (Fsp3) is 0. The van der Waals surface area contributed by atoms with Gasteiger partial charge < -0.3 is 0 Å². The minimum Gasteiger partial charge on any atom is -0.223 e. The largest absolute Gasteiger partial charge is 0.223 e. The molecule has 0 aliphatic rings. The predicted molar refractivity (Wildman–Crippen MR) is 77.2 cm³/mol. The lowest BCUT2D eigenvalue weighted by molar-refractivity contribution is 1.36. The molecule has 0 fully saturated rings. The summed E-state index contributed by atoms with van der Waals surface area (Å²) >= 11 is 12.4. The van der Waals surface area contributed by atoms with E-state index in [1.165, 1.54) is 0 Å². The molecule has 0 amide bonds. The van der Waals surface area contributed by atoms with Crippen molar-refractivity contribution in [1.82, 2.24) is 4.98 Å². The topological polar surface area (TPSA) is 12.9 Å². The van der Waals surface area contributed by atoms with E-state index in [9.17, 15) is 0 Å². The summed E-state index contributed by atoms with van der Waals surface area (Å²) in [7, 11) is 0. The molecule has 2 aromatic carbocycles. The van der Waals surface area contributed by atoms with Crippen LogP contribution in [0.5, 0.6) is 0 Å². The summed E-state index contributed by atoms with van der Waals surface area (Å²) in [6, 6.07) is 17.9. The molecule has 0 bridgehead atoms. The van der Waals surface area contributed by atoms with Gasteiger partial charge in [0, 0.05) is 10.9 Å². The molecule has 0 atom stereocenters. The Kier molecular flexibility index (Phi) is 2.94. The van der Waals surface area contributed by atoms with Crippen molar-refractivity contribution in [3.05, 3.63) is 64.9 Å². The molecule has 0 radical (unpaired) electrons. The number of nitrogens with zero attached hydrogens (tertiary/aromatic N) is 1. The molecule has 88 valence electrons. The second kappa shape index (κ2) is 4.60. The molecule has 1 heterocycles. The van der Waals surface area contributed by atoms with Crippen molar-refractivity contribution in [3.8, 4) is 11.1 Å². The Morgan fingerprint density at radius 2 is 1.28 bits per heavy atom. The van der Waals surface area contributed by atoms with Crippen LogP contribution in [0.25, 0.3) is 21.9 Å². The molecule has 0 unspecified atom stereocenters. The minimum atomic E-state index is 0.435. The molecule has 0 aliphatic carbocycles. The number of hydrogen-bond donors (Lipinski definition) is 0. The van der Waals surface area contributed by atoms with Crippen LogP contribution >= 0.6 is 23.2 Å². The van der Waals surface area contributed by atoms with Crippen LogP contribution < -0.4 is 0 Å². The minimum absolute atomic E-state index is 0.435. The van der Waals surface area contributed by atoms with Gasteiger partial charge in [0.15, 0.2) is 0 Å². The van der Waals surface area contributed by atoms with Crippen molar-refractivity contribution >= 4 is 34.0 Å². The molecule has 0 spiro atoms. The lowest BCUT2D eigenvalue weighted by Gasteiger charge is -2.09. The van der Waals surface area contributed by atoms with Crippen LogP contribution in [0.4, 0.5) is 0 Å². The molecule has 0 saturated heterocycles. The highest BCUT2D eigenvalue weighted by Crippen LogP contribution is 2.36. The van der Waals surface area contributed by atoms with Crippen LogP contribution in [0, 0.1) is 0 Å². The summed E-state index contributed by atoms with van der Waals surface area (Å²) in [5.74, 6) is 0. The highest BCUT2D eigenvalue weighted by molar-refractivity contribution is 6.38. The van der Waals surface area contributed by atoms with E-state index in [4.69, 9.17) is 23.2 Å². The third-order valence-electron chi connectivity index (χ3n) is 2.88. The highest BCUT2D eigenvalue weighted by atomic mass is 35.5. The van der Waals surface area contributed by atoms with Gasteiger partial charge in [0.25, 0.3) is 0 Å². The molecular weight excluding hydrogens is 265 g/mol. The van der Waals surface area contributed by atoms with Gasteiger partial charge in [0.1, 0.15) is 10.3 Å². The first-order valence-corrected chi connectivity index (χ1v) is 6.32. The van der Waals surface area contributed by atoms with Crippen molar-refractivity contribution in [2.75, 3.05) is 0 Å². The Morgan fingerprint density at radius 1 is 0.667 bits per heavy atom. The molecule has 3 heteroatoms. The zero-order chi connectivity index (χ0) is 12.5. The van der Waals surface area contributed by atoms with E-state index in [0.29, 0.717) is 10.3 Å². The smallest absolute Gasteiger partial charge is 0.139 e. The molecule has 18 heavy (non-hydrogen) atoms. The van der Waals surface area contributed by atoms with Crippen LogP contribution in [-0.4, -0.2) is 4.98 Å². The fourth-order valence-corrected chi connectivity index (χ4v) is 2.66. The van der Waals surface area contributed by atoms with Gasteiger partial charge in [-0.1, -0.05) is 77.8 Å². The Hall–Kier alpha value is -1.57. The lowest BCUT2D eigenvalue weighted by atomic mass is 10.0. The number of halogens is 2. The zero-order valence-electron chi connectivity index (χ0n) is 9.40. The normalized spacial score (nSPS) is 10.8. The molecule has 3 aromatic rings. The summed E-state index contributed by atoms with van der Waals surface area (Å²) in [6.45, 7) is 0. The quantitative estimate of drug-likeness (QED) is 0.555. The van der Waals surface area contributed by atoms with Crippen LogP contribution in [-0.2, 0) is 0 Å². The highest BCUT2D eigenvalue weighted by Gasteiger charge is 2.12. The van der Waals surface area contributed by atoms with Crippen molar-refractivity contribution in [2.45, 2.75) is 0 Å². The summed E-state index contributed by atoms with van der Waals surface area (Å²) < 4.78 is 0. The van der Waals surface area contributed by atoms with E-state index in [-0.39, 0.29) is 0 Å². The van der Waals surface area contributed by atoms with Gasteiger partial charge in [-0.2, -0.15) is 0 Å². The van der Waals surface area contributed by atoms with E-state index in [1.807, 2.05) is 54.6 Å². The van der Waals surface area contributed by atoms with Gasteiger partial charge in [0.2, 0.25) is 0 Å². The van der Waals surface area contributed by atoms with Crippen molar-refractivity contribution in [1.29, 1.82) is 0 Å². The average molecular weight is 274 g/mol. The number of benzene rings is 2. The zero-order valence-corrected chi connectivity index (χ0v) is 10.9. The average Bonchev–Trinajstić information content (AvgIpc) is 2.40. The third-order valence-corrected chi connectivity index (χ3v) is 3.45. The number of aromatic nitrogens is 1. The lowest BCUT2D eigenvalue weighted by Crippen LogP contribution is -1.88. The van der Waals surface area contributed by atoms with Gasteiger partial charge in [-0.15, -0.1) is 0 Å². The maximum absolute atomic E-state index is 6.25. The van der Waals surface area contributed by atoms with E-state index in [1.54, 1.807) is 0 Å². The van der Waals surface area contributed by atoms with E-state index < -0.39 is 0 Å². The molecular formula is C15H9Cl2N. The molecule has 0 saturated carbocycles. The molecule has 1 nitrogen and oxygen atoms in total. The first-order chi connectivity index (χ1) is 8.77. The first-order valence-electron chi connectivity index (χ1n) is 5.56. The Balaban J connectivity index is 2.42. The first kappa shape index (κ1) is 11.5. The van der Waals surface area contributed by atoms with Crippen molar-refractivity contribution in [2.24, 2.45) is 0 Å². The second-order valence-corrected chi connectivity index (χ2v) is 4.70. The number of hydrogen-bond acceptors (Lipinski definition) is 1.